The molecule has 0 spiro atoms. The van der Waals surface area contributed by atoms with Crippen molar-refractivity contribution < 1.29 is 19.0 Å². The fourth-order valence-electron chi connectivity index (χ4n) is 3.43. The third-order valence-corrected chi connectivity index (χ3v) is 5.10. The zero-order valence-electron chi connectivity index (χ0n) is 15.5. The molecular formula is C21H25FN2O3. The number of rotatable bonds is 6. The summed E-state index contributed by atoms with van der Waals surface area (Å²) in [6.07, 6.45) is 1.02. The highest BCUT2D eigenvalue weighted by atomic mass is 19.1. The summed E-state index contributed by atoms with van der Waals surface area (Å²) in [7, 11) is 1.61. The minimum absolute atomic E-state index is 0.0619. The van der Waals surface area contributed by atoms with Crippen molar-refractivity contribution in [3.63, 3.8) is 0 Å². The Morgan fingerprint density at radius 1 is 1.19 bits per heavy atom. The van der Waals surface area contributed by atoms with Gasteiger partial charge in [0.05, 0.1) is 19.3 Å². The van der Waals surface area contributed by atoms with Crippen LogP contribution >= 0.6 is 0 Å². The Morgan fingerprint density at radius 3 is 2.52 bits per heavy atom. The number of nitrogens with zero attached hydrogens (tertiary/aromatic N) is 1. The van der Waals surface area contributed by atoms with Crippen LogP contribution in [0.5, 0.6) is 5.75 Å². The molecule has 144 valence electrons. The van der Waals surface area contributed by atoms with Crippen LogP contribution in [0.1, 0.15) is 24.0 Å². The number of amides is 1. The molecule has 0 unspecified atom stereocenters. The fraction of sp³-hybridized carbons (Fsp3) is 0.381. The van der Waals surface area contributed by atoms with Crippen LogP contribution in [0, 0.1) is 5.82 Å². The van der Waals surface area contributed by atoms with Crippen LogP contribution < -0.4 is 10.1 Å². The second-order valence-corrected chi connectivity index (χ2v) is 6.90. The second kappa shape index (κ2) is 8.50. The van der Waals surface area contributed by atoms with Crippen molar-refractivity contribution in [2.75, 3.05) is 26.7 Å². The number of hydrogen-bond donors (Lipinski definition) is 2. The zero-order chi connectivity index (χ0) is 19.3. The van der Waals surface area contributed by atoms with E-state index in [1.54, 1.807) is 19.2 Å². The Labute approximate surface area is 158 Å². The summed E-state index contributed by atoms with van der Waals surface area (Å²) in [5, 5.41) is 13.7. The number of methoxy groups -OCH3 is 1. The average molecular weight is 372 g/mol. The molecule has 0 saturated carbocycles. The maximum Gasteiger partial charge on any atom is 0.234 e. The van der Waals surface area contributed by atoms with E-state index in [0.717, 1.165) is 16.9 Å². The summed E-state index contributed by atoms with van der Waals surface area (Å²) in [4.78, 5) is 14.3. The van der Waals surface area contributed by atoms with Gasteiger partial charge in [-0.05, 0) is 36.6 Å². The lowest BCUT2D eigenvalue weighted by Gasteiger charge is -2.38. The highest BCUT2D eigenvalue weighted by Crippen LogP contribution is 2.32. The van der Waals surface area contributed by atoms with E-state index in [1.165, 1.54) is 12.1 Å². The molecule has 0 radical (unpaired) electrons. The molecule has 5 nitrogen and oxygen atoms in total. The number of piperidine rings is 1. The number of hydrogen-bond acceptors (Lipinski definition) is 4. The molecule has 0 atom stereocenters. The first-order chi connectivity index (χ1) is 13.0. The van der Waals surface area contributed by atoms with Gasteiger partial charge in [0.15, 0.2) is 0 Å². The molecule has 1 aliphatic heterocycles. The van der Waals surface area contributed by atoms with Crippen LogP contribution in [0.3, 0.4) is 0 Å². The van der Waals surface area contributed by atoms with Crippen LogP contribution in [0.4, 0.5) is 4.39 Å². The summed E-state index contributed by atoms with van der Waals surface area (Å²) >= 11 is 0. The molecule has 2 aromatic carbocycles. The number of aliphatic hydroxyl groups is 1. The van der Waals surface area contributed by atoms with Crippen LogP contribution in [0.25, 0.3) is 0 Å². The minimum atomic E-state index is -0.960. The summed E-state index contributed by atoms with van der Waals surface area (Å²) in [6, 6.07) is 13.6. The van der Waals surface area contributed by atoms with Crippen LogP contribution in [-0.4, -0.2) is 42.7 Å². The van der Waals surface area contributed by atoms with Gasteiger partial charge < -0.3 is 15.2 Å². The van der Waals surface area contributed by atoms with E-state index in [4.69, 9.17) is 4.74 Å². The molecular weight excluding hydrogens is 347 g/mol. The van der Waals surface area contributed by atoms with E-state index in [-0.39, 0.29) is 18.3 Å². The molecule has 3 rings (SSSR count). The number of ether oxygens (including phenoxy) is 1. The molecule has 1 saturated heterocycles. The molecule has 2 N–H and O–H groups in total. The second-order valence-electron chi connectivity index (χ2n) is 6.90. The van der Waals surface area contributed by atoms with E-state index in [0.29, 0.717) is 32.5 Å². The molecule has 2 aromatic rings. The Balaban J connectivity index is 1.48. The van der Waals surface area contributed by atoms with Gasteiger partial charge in [-0.2, -0.15) is 0 Å². The normalized spacial score (nSPS) is 16.7. The van der Waals surface area contributed by atoms with Gasteiger partial charge >= 0.3 is 0 Å². The van der Waals surface area contributed by atoms with Crippen molar-refractivity contribution >= 4 is 5.91 Å². The lowest BCUT2D eigenvalue weighted by atomic mass is 9.84. The first kappa shape index (κ1) is 19.3. The van der Waals surface area contributed by atoms with Gasteiger partial charge in [0.1, 0.15) is 11.6 Å². The highest BCUT2D eigenvalue weighted by molar-refractivity contribution is 5.78. The number of halogens is 1. The smallest absolute Gasteiger partial charge is 0.234 e. The number of carbonyl (C=O) groups is 1. The lowest BCUT2D eigenvalue weighted by molar-refractivity contribution is -0.123. The van der Waals surface area contributed by atoms with Crippen molar-refractivity contribution in [2.24, 2.45) is 0 Å². The van der Waals surface area contributed by atoms with E-state index in [9.17, 15) is 14.3 Å². The number of nitrogens with one attached hydrogen (secondary N) is 1. The average Bonchev–Trinajstić information content (AvgIpc) is 2.69. The molecule has 0 bridgehead atoms. The van der Waals surface area contributed by atoms with Gasteiger partial charge in [0.2, 0.25) is 5.91 Å². The summed E-state index contributed by atoms with van der Waals surface area (Å²) < 4.78 is 18.4. The predicted molar refractivity (Wildman–Crippen MR) is 101 cm³/mol. The molecule has 0 aliphatic carbocycles. The van der Waals surface area contributed by atoms with E-state index >= 15 is 0 Å². The Hall–Kier alpha value is -2.44. The quantitative estimate of drug-likeness (QED) is 0.818. The first-order valence-electron chi connectivity index (χ1n) is 9.09. The van der Waals surface area contributed by atoms with Gasteiger partial charge in [-0.25, -0.2) is 4.39 Å². The zero-order valence-corrected chi connectivity index (χ0v) is 15.5. The number of para-hydroxylation sites is 1. The third kappa shape index (κ3) is 4.84. The predicted octanol–water partition coefficient (Wildman–Crippen LogP) is 2.43. The third-order valence-electron chi connectivity index (χ3n) is 5.10. The lowest BCUT2D eigenvalue weighted by Crippen LogP contribution is -2.46. The standard InChI is InChI=1S/C21H25FN2O3/c1-27-19-5-3-2-4-16(19)14-23-20(25)15-24-12-10-21(26,11-13-24)17-6-8-18(22)9-7-17/h2-9,26H,10-15H2,1H3,(H,23,25). The Bertz CT molecular complexity index is 771. The van der Waals surface area contributed by atoms with E-state index in [2.05, 4.69) is 5.32 Å². The fourth-order valence-corrected chi connectivity index (χ4v) is 3.43. The van der Waals surface area contributed by atoms with Gasteiger partial charge in [-0.1, -0.05) is 30.3 Å². The Kier molecular flexibility index (Phi) is 6.08. The summed E-state index contributed by atoms with van der Waals surface area (Å²) in [5.41, 5.74) is 0.694. The van der Waals surface area contributed by atoms with Crippen molar-refractivity contribution in [1.29, 1.82) is 0 Å². The maximum atomic E-state index is 13.1. The number of carbonyl (C=O) groups excluding carboxylic acids is 1. The van der Waals surface area contributed by atoms with Gasteiger partial charge in [0, 0.05) is 25.2 Å². The van der Waals surface area contributed by atoms with Crippen LogP contribution in [-0.2, 0) is 16.9 Å². The molecule has 1 amide bonds. The number of likely N-dealkylation sites (tertiary alicyclic amines) is 1. The van der Waals surface area contributed by atoms with Gasteiger partial charge in [-0.3, -0.25) is 9.69 Å². The molecule has 0 aromatic heterocycles. The molecule has 1 aliphatic rings. The van der Waals surface area contributed by atoms with Crippen LogP contribution in [0.2, 0.25) is 0 Å². The van der Waals surface area contributed by atoms with Gasteiger partial charge in [-0.15, -0.1) is 0 Å². The molecule has 1 heterocycles. The van der Waals surface area contributed by atoms with Gasteiger partial charge in [0.25, 0.3) is 0 Å². The molecule has 1 fully saturated rings. The van der Waals surface area contributed by atoms with Crippen molar-refractivity contribution in [2.45, 2.75) is 25.0 Å². The molecule has 6 heteroatoms. The van der Waals surface area contributed by atoms with Crippen molar-refractivity contribution in [3.8, 4) is 5.75 Å². The van der Waals surface area contributed by atoms with Crippen molar-refractivity contribution in [3.05, 3.63) is 65.5 Å². The number of benzene rings is 2. The molecule has 27 heavy (non-hydrogen) atoms. The Morgan fingerprint density at radius 2 is 1.85 bits per heavy atom. The van der Waals surface area contributed by atoms with Crippen molar-refractivity contribution in [1.82, 2.24) is 10.2 Å². The summed E-state index contributed by atoms with van der Waals surface area (Å²) in [6.45, 7) is 1.91. The van der Waals surface area contributed by atoms with E-state index < -0.39 is 5.60 Å². The minimum Gasteiger partial charge on any atom is -0.496 e. The topological polar surface area (TPSA) is 61.8 Å². The SMILES string of the molecule is COc1ccccc1CNC(=O)CN1CCC(O)(c2ccc(F)cc2)CC1. The first-order valence-corrected chi connectivity index (χ1v) is 9.09. The maximum absolute atomic E-state index is 13.1. The largest absolute Gasteiger partial charge is 0.496 e. The highest BCUT2D eigenvalue weighted by Gasteiger charge is 2.34. The van der Waals surface area contributed by atoms with Crippen LogP contribution in [0.15, 0.2) is 48.5 Å². The summed E-state index contributed by atoms with van der Waals surface area (Å²) in [5.74, 6) is 0.375. The van der Waals surface area contributed by atoms with E-state index in [1.807, 2.05) is 29.2 Å². The monoisotopic (exact) mass is 372 g/mol.